The van der Waals surface area contributed by atoms with E-state index >= 15 is 0 Å². The zero-order valence-electron chi connectivity index (χ0n) is 20.4. The number of allylic oxidation sites excluding steroid dienone is 5. The Kier molecular flexibility index (Phi) is 5.46. The van der Waals surface area contributed by atoms with Gasteiger partial charge in [-0.05, 0) is 56.2 Å². The van der Waals surface area contributed by atoms with Crippen molar-refractivity contribution in [1.82, 2.24) is 4.90 Å². The van der Waals surface area contributed by atoms with Crippen molar-refractivity contribution in [3.63, 3.8) is 0 Å². The molecule has 2 fully saturated rings. The van der Waals surface area contributed by atoms with Gasteiger partial charge in [0.05, 0.1) is 17.3 Å². The van der Waals surface area contributed by atoms with Gasteiger partial charge in [0.25, 0.3) is 0 Å². The summed E-state index contributed by atoms with van der Waals surface area (Å²) in [6.45, 7) is 9.40. The van der Waals surface area contributed by atoms with Gasteiger partial charge in [-0.25, -0.2) is 0 Å². The van der Waals surface area contributed by atoms with Gasteiger partial charge in [-0.2, -0.15) is 0 Å². The van der Waals surface area contributed by atoms with Crippen molar-refractivity contribution in [3.05, 3.63) is 65.3 Å². The van der Waals surface area contributed by atoms with Gasteiger partial charge in [0.15, 0.2) is 11.6 Å². The number of rotatable bonds is 4. The quantitative estimate of drug-likeness (QED) is 0.529. The molecule has 0 radical (unpaired) electrons. The molecule has 0 bridgehead atoms. The summed E-state index contributed by atoms with van der Waals surface area (Å²) >= 11 is 0. The molecule has 0 spiro atoms. The summed E-state index contributed by atoms with van der Waals surface area (Å²) in [5.74, 6) is -2.99. The van der Waals surface area contributed by atoms with E-state index in [1.54, 1.807) is 19.9 Å². The minimum absolute atomic E-state index is 0.0949. The second-order valence-electron chi connectivity index (χ2n) is 10.5. The predicted octanol–water partition coefficient (Wildman–Crippen LogP) is 3.90. The number of para-hydroxylation sites is 1. The Hall–Kier alpha value is -3.28. The number of phenolic OH excluding ortho intramolecular Hbond substituents is 1. The third-order valence-corrected chi connectivity index (χ3v) is 8.88. The molecule has 1 aromatic carbocycles. The van der Waals surface area contributed by atoms with Gasteiger partial charge in [0.1, 0.15) is 5.75 Å². The average molecular weight is 474 g/mol. The lowest BCUT2D eigenvalue weighted by Crippen LogP contribution is -2.54. The minimum Gasteiger partial charge on any atom is -0.507 e. The van der Waals surface area contributed by atoms with E-state index in [1.165, 1.54) is 11.0 Å². The van der Waals surface area contributed by atoms with Gasteiger partial charge in [-0.15, -0.1) is 6.58 Å². The summed E-state index contributed by atoms with van der Waals surface area (Å²) in [6.07, 6.45) is 6.37. The molecule has 6 heteroatoms. The number of benzene rings is 1. The van der Waals surface area contributed by atoms with Crippen LogP contribution in [0.5, 0.6) is 5.75 Å². The number of hydrogen-bond donors (Lipinski definition) is 1. The standard InChI is InChI=1S/C29H31NO5/c1-5-8-16-9-7-10-19(25(16)32)24-17-11-12-18-23(28(35)30(6-2)27(18)34)20(17)14-21-22(31)13-15(3)26(33)29(21,24)4/h5,7,9-11,13,18,20-21,23-24,32H,1,6,8,12,14H2,2-4H3/t18-,20+,21-,23-,24+,29+/m0/s1. The Balaban J connectivity index is 1.74. The maximum atomic E-state index is 13.8. The number of phenols is 1. The highest BCUT2D eigenvalue weighted by Crippen LogP contribution is 2.63. The van der Waals surface area contributed by atoms with E-state index in [4.69, 9.17) is 0 Å². The van der Waals surface area contributed by atoms with Crippen LogP contribution in [-0.4, -0.2) is 39.9 Å². The van der Waals surface area contributed by atoms with E-state index in [2.05, 4.69) is 6.58 Å². The highest BCUT2D eigenvalue weighted by molar-refractivity contribution is 6.13. The van der Waals surface area contributed by atoms with E-state index in [1.807, 2.05) is 31.2 Å². The van der Waals surface area contributed by atoms with E-state index in [0.717, 1.165) is 5.57 Å². The molecule has 1 N–H and O–H groups in total. The third-order valence-electron chi connectivity index (χ3n) is 8.88. The molecule has 6 nitrogen and oxygen atoms in total. The van der Waals surface area contributed by atoms with Gasteiger partial charge >= 0.3 is 0 Å². The fourth-order valence-corrected chi connectivity index (χ4v) is 7.28. The Morgan fingerprint density at radius 2 is 1.91 bits per heavy atom. The van der Waals surface area contributed by atoms with Crippen molar-refractivity contribution >= 4 is 23.4 Å². The SMILES string of the molecule is C=CCc1cccc([C@H]2C3=CC[C@@H]4C(=O)N(CC)C(=O)[C@@H]4[C@@H]3C[C@H]3C(=O)C=C(C)C(=O)[C@@]23C)c1O. The van der Waals surface area contributed by atoms with Crippen LogP contribution in [-0.2, 0) is 25.6 Å². The molecule has 1 saturated carbocycles. The maximum Gasteiger partial charge on any atom is 0.233 e. The first-order valence-corrected chi connectivity index (χ1v) is 12.4. The number of carbonyl (C=O) groups is 4. The van der Waals surface area contributed by atoms with Gasteiger partial charge in [-0.3, -0.25) is 24.1 Å². The van der Waals surface area contributed by atoms with Gasteiger partial charge in [-0.1, -0.05) is 42.8 Å². The minimum atomic E-state index is -1.09. The summed E-state index contributed by atoms with van der Waals surface area (Å²) < 4.78 is 0. The van der Waals surface area contributed by atoms with Crippen LogP contribution in [0, 0.1) is 29.1 Å². The number of aromatic hydroxyl groups is 1. The molecule has 35 heavy (non-hydrogen) atoms. The van der Waals surface area contributed by atoms with E-state index in [0.29, 0.717) is 42.5 Å². The first kappa shape index (κ1) is 23.5. The molecular formula is C29H31NO5. The number of hydrogen-bond acceptors (Lipinski definition) is 5. The van der Waals surface area contributed by atoms with Crippen LogP contribution in [0.15, 0.2) is 54.2 Å². The molecule has 1 aromatic rings. The topological polar surface area (TPSA) is 91.8 Å². The summed E-state index contributed by atoms with van der Waals surface area (Å²) in [6, 6.07) is 5.49. The van der Waals surface area contributed by atoms with Crippen molar-refractivity contribution < 1.29 is 24.3 Å². The van der Waals surface area contributed by atoms with E-state index < -0.39 is 29.1 Å². The number of ketones is 2. The predicted molar refractivity (Wildman–Crippen MR) is 130 cm³/mol. The Labute approximate surface area is 205 Å². The van der Waals surface area contributed by atoms with Crippen LogP contribution < -0.4 is 0 Å². The molecule has 182 valence electrons. The number of likely N-dealkylation sites (tertiary alicyclic amines) is 1. The maximum absolute atomic E-state index is 13.8. The van der Waals surface area contributed by atoms with Gasteiger partial charge in [0.2, 0.25) is 11.8 Å². The smallest absolute Gasteiger partial charge is 0.233 e. The number of Topliss-reactive ketones (excluding diaryl/α,β-unsaturated/α-hetero) is 1. The average Bonchev–Trinajstić information content (AvgIpc) is 3.08. The van der Waals surface area contributed by atoms with Crippen molar-refractivity contribution in [2.75, 3.05) is 6.54 Å². The molecule has 1 heterocycles. The second kappa shape index (κ2) is 8.14. The molecule has 0 unspecified atom stereocenters. The number of nitrogens with zero attached hydrogens (tertiary/aromatic N) is 1. The first-order chi connectivity index (χ1) is 16.7. The summed E-state index contributed by atoms with van der Waals surface area (Å²) in [4.78, 5) is 54.8. The Morgan fingerprint density at radius 1 is 1.17 bits per heavy atom. The van der Waals surface area contributed by atoms with Crippen molar-refractivity contribution in [1.29, 1.82) is 0 Å². The molecule has 3 aliphatic carbocycles. The molecule has 0 aromatic heterocycles. The van der Waals surface area contributed by atoms with E-state index in [9.17, 15) is 24.3 Å². The lowest BCUT2D eigenvalue weighted by atomic mass is 9.47. The Bertz CT molecular complexity index is 1240. The van der Waals surface area contributed by atoms with E-state index in [-0.39, 0.29) is 35.0 Å². The second-order valence-corrected chi connectivity index (χ2v) is 10.5. The first-order valence-electron chi connectivity index (χ1n) is 12.4. The fourth-order valence-electron chi connectivity index (χ4n) is 7.28. The number of fused-ring (bicyclic) bond motifs is 4. The van der Waals surface area contributed by atoms with Crippen molar-refractivity contribution in [2.24, 2.45) is 29.1 Å². The molecule has 4 aliphatic rings. The van der Waals surface area contributed by atoms with Crippen molar-refractivity contribution in [3.8, 4) is 5.75 Å². The summed E-state index contributed by atoms with van der Waals surface area (Å²) in [5.41, 5.74) is 1.50. The molecule has 2 amide bonds. The Morgan fingerprint density at radius 3 is 2.60 bits per heavy atom. The van der Waals surface area contributed by atoms with Gasteiger partial charge < -0.3 is 5.11 Å². The van der Waals surface area contributed by atoms with Crippen LogP contribution in [0.2, 0.25) is 0 Å². The zero-order chi connectivity index (χ0) is 25.2. The lowest BCUT2D eigenvalue weighted by molar-refractivity contribution is -0.142. The number of imide groups is 1. The summed E-state index contributed by atoms with van der Waals surface area (Å²) in [7, 11) is 0. The molecule has 1 aliphatic heterocycles. The largest absolute Gasteiger partial charge is 0.507 e. The molecule has 1 saturated heterocycles. The molecular weight excluding hydrogens is 442 g/mol. The molecule has 5 rings (SSSR count). The molecule has 6 atom stereocenters. The fraction of sp³-hybridized carbons (Fsp3) is 0.448. The summed E-state index contributed by atoms with van der Waals surface area (Å²) in [5, 5.41) is 11.3. The number of amides is 2. The normalized spacial score (nSPS) is 34.1. The van der Waals surface area contributed by atoms with Crippen LogP contribution in [0.4, 0.5) is 0 Å². The number of carbonyl (C=O) groups excluding carboxylic acids is 4. The van der Waals surface area contributed by atoms with Crippen LogP contribution in [0.25, 0.3) is 0 Å². The van der Waals surface area contributed by atoms with Crippen molar-refractivity contribution in [2.45, 2.75) is 46.0 Å². The van der Waals surface area contributed by atoms with Gasteiger partial charge in [0, 0.05) is 23.9 Å². The highest BCUT2D eigenvalue weighted by Gasteiger charge is 2.63. The van der Waals surface area contributed by atoms with Crippen LogP contribution >= 0.6 is 0 Å². The third kappa shape index (κ3) is 3.08. The lowest BCUT2D eigenvalue weighted by Gasteiger charge is -2.53. The van der Waals surface area contributed by atoms with Crippen LogP contribution in [0.1, 0.15) is 50.7 Å². The highest BCUT2D eigenvalue weighted by atomic mass is 16.3. The monoisotopic (exact) mass is 473 g/mol. The van der Waals surface area contributed by atoms with Crippen LogP contribution in [0.3, 0.4) is 0 Å². The zero-order valence-corrected chi connectivity index (χ0v) is 20.4.